The Morgan fingerprint density at radius 1 is 1.11 bits per heavy atom. The van der Waals surface area contributed by atoms with Gasteiger partial charge < -0.3 is 24.0 Å². The number of piperazine rings is 1. The third kappa shape index (κ3) is 4.22. The van der Waals surface area contributed by atoms with Crippen LogP contribution in [0.4, 0.5) is 0 Å². The number of carbonyl (C=O) groups excluding carboxylic acids is 1. The molecular formula is C22H27N2O4+. The fourth-order valence-electron chi connectivity index (χ4n) is 3.70. The summed E-state index contributed by atoms with van der Waals surface area (Å²) in [7, 11) is 0. The summed E-state index contributed by atoms with van der Waals surface area (Å²) in [5, 5.41) is 0. The molecule has 0 bridgehead atoms. The van der Waals surface area contributed by atoms with Gasteiger partial charge in [0.05, 0.1) is 32.3 Å². The quantitative estimate of drug-likeness (QED) is 0.855. The third-order valence-corrected chi connectivity index (χ3v) is 5.10. The molecule has 1 amide bonds. The number of ether oxygens (including phenoxy) is 3. The Morgan fingerprint density at radius 2 is 1.89 bits per heavy atom. The van der Waals surface area contributed by atoms with E-state index in [1.165, 1.54) is 10.5 Å². The molecule has 0 radical (unpaired) electrons. The Bertz CT molecular complexity index is 844. The molecule has 4 rings (SSSR count). The Morgan fingerprint density at radius 3 is 2.68 bits per heavy atom. The van der Waals surface area contributed by atoms with Crippen LogP contribution in [0, 0.1) is 0 Å². The van der Waals surface area contributed by atoms with Crippen molar-refractivity contribution >= 4 is 5.91 Å². The van der Waals surface area contributed by atoms with E-state index < -0.39 is 0 Å². The van der Waals surface area contributed by atoms with Crippen molar-refractivity contribution in [3.63, 3.8) is 0 Å². The van der Waals surface area contributed by atoms with Crippen molar-refractivity contribution in [3.8, 4) is 17.2 Å². The molecule has 1 saturated heterocycles. The van der Waals surface area contributed by atoms with Gasteiger partial charge in [0.25, 0.3) is 5.91 Å². The summed E-state index contributed by atoms with van der Waals surface area (Å²) in [6.45, 7) is 8.58. The van der Waals surface area contributed by atoms with Gasteiger partial charge in [-0.25, -0.2) is 0 Å². The monoisotopic (exact) mass is 383 g/mol. The predicted octanol–water partition coefficient (Wildman–Crippen LogP) is 1.74. The van der Waals surface area contributed by atoms with Gasteiger partial charge in [0.1, 0.15) is 12.3 Å². The third-order valence-electron chi connectivity index (χ3n) is 5.10. The molecule has 6 heteroatoms. The average Bonchev–Trinajstić information content (AvgIpc) is 3.15. The molecule has 2 aliphatic rings. The summed E-state index contributed by atoms with van der Waals surface area (Å²) in [6, 6.07) is 13.6. The normalized spacial score (nSPS) is 16.5. The zero-order valence-corrected chi connectivity index (χ0v) is 16.4. The lowest BCUT2D eigenvalue weighted by molar-refractivity contribution is -0.917. The number of quaternary nitrogens is 1. The molecule has 148 valence electrons. The predicted molar refractivity (Wildman–Crippen MR) is 105 cm³/mol. The maximum Gasteiger partial charge on any atom is 0.254 e. The summed E-state index contributed by atoms with van der Waals surface area (Å²) >= 11 is 0. The van der Waals surface area contributed by atoms with E-state index in [2.05, 4.69) is 12.1 Å². The van der Waals surface area contributed by atoms with Gasteiger partial charge >= 0.3 is 0 Å². The number of carbonyl (C=O) groups is 1. The standard InChI is InChI=1S/C22H26N2O4/c1-16(2)28-19-5-3-4-18(13-19)22(25)24-10-8-23(9-11-24)14-17-6-7-20-21(12-17)27-15-26-20/h3-7,12-13,16H,8-11,14-15H2,1-2H3/p+1. The van der Waals surface area contributed by atoms with Crippen LogP contribution in [-0.2, 0) is 6.54 Å². The van der Waals surface area contributed by atoms with Gasteiger partial charge in [-0.2, -0.15) is 0 Å². The fraction of sp³-hybridized carbons (Fsp3) is 0.409. The first-order valence-electron chi connectivity index (χ1n) is 9.86. The topological polar surface area (TPSA) is 52.4 Å². The van der Waals surface area contributed by atoms with Gasteiger partial charge in [-0.3, -0.25) is 4.79 Å². The maximum atomic E-state index is 12.9. The molecule has 0 atom stereocenters. The van der Waals surface area contributed by atoms with Crippen LogP contribution in [0.5, 0.6) is 17.2 Å². The minimum absolute atomic E-state index is 0.0799. The second-order valence-corrected chi connectivity index (χ2v) is 7.60. The lowest BCUT2D eigenvalue weighted by Gasteiger charge is -2.32. The molecule has 0 saturated carbocycles. The largest absolute Gasteiger partial charge is 0.491 e. The highest BCUT2D eigenvalue weighted by molar-refractivity contribution is 5.94. The number of amides is 1. The van der Waals surface area contributed by atoms with Crippen molar-refractivity contribution in [1.82, 2.24) is 4.90 Å². The lowest BCUT2D eigenvalue weighted by Crippen LogP contribution is -3.13. The van der Waals surface area contributed by atoms with Crippen LogP contribution >= 0.6 is 0 Å². The number of nitrogens with zero attached hydrogens (tertiary/aromatic N) is 1. The van der Waals surface area contributed by atoms with E-state index in [-0.39, 0.29) is 12.0 Å². The van der Waals surface area contributed by atoms with Crippen LogP contribution in [0.3, 0.4) is 0 Å². The van der Waals surface area contributed by atoms with Crippen molar-refractivity contribution in [2.75, 3.05) is 33.0 Å². The van der Waals surface area contributed by atoms with Crippen molar-refractivity contribution in [3.05, 3.63) is 53.6 Å². The Balaban J connectivity index is 1.33. The summed E-state index contributed by atoms with van der Waals surface area (Å²) in [4.78, 5) is 16.3. The van der Waals surface area contributed by atoms with Gasteiger partial charge in [-0.05, 0) is 50.2 Å². The number of rotatable bonds is 5. The number of nitrogens with one attached hydrogen (secondary N) is 1. The Hall–Kier alpha value is -2.73. The molecule has 2 aromatic rings. The van der Waals surface area contributed by atoms with Crippen LogP contribution < -0.4 is 19.1 Å². The number of benzene rings is 2. The SMILES string of the molecule is CC(C)Oc1cccc(C(=O)N2CC[NH+](Cc3ccc4c(c3)OCO4)CC2)c1. The van der Waals surface area contributed by atoms with Crippen LogP contribution in [0.2, 0.25) is 0 Å². The molecular weight excluding hydrogens is 356 g/mol. The molecule has 0 aromatic heterocycles. The highest BCUT2D eigenvalue weighted by Gasteiger charge is 2.25. The molecule has 6 nitrogen and oxygen atoms in total. The van der Waals surface area contributed by atoms with Crippen LogP contribution in [0.25, 0.3) is 0 Å². The smallest absolute Gasteiger partial charge is 0.254 e. The molecule has 1 N–H and O–H groups in total. The Kier molecular flexibility index (Phi) is 5.39. The first-order valence-corrected chi connectivity index (χ1v) is 9.86. The molecule has 0 aliphatic carbocycles. The van der Waals surface area contributed by atoms with Gasteiger partial charge in [0.2, 0.25) is 6.79 Å². The average molecular weight is 383 g/mol. The summed E-state index contributed by atoms with van der Waals surface area (Å²) in [6.07, 6.45) is 0.0914. The first-order chi connectivity index (χ1) is 13.6. The van der Waals surface area contributed by atoms with E-state index in [1.807, 2.05) is 49.1 Å². The van der Waals surface area contributed by atoms with Crippen LogP contribution in [0.1, 0.15) is 29.8 Å². The summed E-state index contributed by atoms with van der Waals surface area (Å²) in [5.74, 6) is 2.47. The van der Waals surface area contributed by atoms with E-state index in [0.29, 0.717) is 12.4 Å². The molecule has 0 spiro atoms. The number of hydrogen-bond donors (Lipinski definition) is 1. The summed E-state index contributed by atoms with van der Waals surface area (Å²) in [5.41, 5.74) is 1.93. The molecule has 2 aliphatic heterocycles. The second-order valence-electron chi connectivity index (χ2n) is 7.60. The van der Waals surface area contributed by atoms with Gasteiger partial charge in [-0.15, -0.1) is 0 Å². The van der Waals surface area contributed by atoms with Crippen molar-refractivity contribution in [2.45, 2.75) is 26.5 Å². The zero-order chi connectivity index (χ0) is 19.5. The highest BCUT2D eigenvalue weighted by Crippen LogP contribution is 2.32. The molecule has 2 aromatic carbocycles. The van der Waals surface area contributed by atoms with Gasteiger partial charge in [0.15, 0.2) is 11.5 Å². The number of fused-ring (bicyclic) bond motifs is 1. The Labute approximate surface area is 165 Å². The maximum absolute atomic E-state index is 12.9. The minimum atomic E-state index is 0.0799. The van der Waals surface area contributed by atoms with Crippen LogP contribution in [-0.4, -0.2) is 49.9 Å². The van der Waals surface area contributed by atoms with E-state index >= 15 is 0 Å². The molecule has 28 heavy (non-hydrogen) atoms. The van der Waals surface area contributed by atoms with Crippen molar-refractivity contribution in [1.29, 1.82) is 0 Å². The molecule has 0 unspecified atom stereocenters. The first kappa shape index (κ1) is 18.6. The van der Waals surface area contributed by atoms with Crippen molar-refractivity contribution < 1.29 is 23.9 Å². The number of hydrogen-bond acceptors (Lipinski definition) is 4. The van der Waals surface area contributed by atoms with Gasteiger partial charge in [-0.1, -0.05) is 6.07 Å². The minimum Gasteiger partial charge on any atom is -0.491 e. The second kappa shape index (κ2) is 8.10. The zero-order valence-electron chi connectivity index (χ0n) is 16.4. The molecule has 2 heterocycles. The van der Waals surface area contributed by atoms with Gasteiger partial charge in [0, 0.05) is 11.1 Å². The summed E-state index contributed by atoms with van der Waals surface area (Å²) < 4.78 is 16.6. The molecule has 1 fully saturated rings. The van der Waals surface area contributed by atoms with E-state index in [9.17, 15) is 4.79 Å². The fourth-order valence-corrected chi connectivity index (χ4v) is 3.70. The van der Waals surface area contributed by atoms with Crippen molar-refractivity contribution in [2.24, 2.45) is 0 Å². The van der Waals surface area contributed by atoms with E-state index in [0.717, 1.165) is 50.0 Å². The van der Waals surface area contributed by atoms with E-state index in [1.54, 1.807) is 0 Å². The lowest BCUT2D eigenvalue weighted by atomic mass is 10.1. The highest BCUT2D eigenvalue weighted by atomic mass is 16.7. The van der Waals surface area contributed by atoms with E-state index in [4.69, 9.17) is 14.2 Å². The van der Waals surface area contributed by atoms with Crippen LogP contribution in [0.15, 0.2) is 42.5 Å².